The number of hydrogen-bond acceptors (Lipinski definition) is 4. The van der Waals surface area contributed by atoms with Gasteiger partial charge in [0.15, 0.2) is 0 Å². The Morgan fingerprint density at radius 2 is 1.89 bits per heavy atom. The molecular weight excluding hydrogens is 246 g/mol. The van der Waals surface area contributed by atoms with Crippen LogP contribution in [-0.4, -0.2) is 10.1 Å². The van der Waals surface area contributed by atoms with Gasteiger partial charge in [0.25, 0.3) is 0 Å². The highest BCUT2D eigenvalue weighted by Crippen LogP contribution is 2.26. The van der Waals surface area contributed by atoms with Crippen LogP contribution in [0.2, 0.25) is 0 Å². The highest BCUT2D eigenvalue weighted by Gasteiger charge is 2.07. The molecule has 0 aliphatic heterocycles. The monoisotopic (exact) mass is 263 g/mol. The van der Waals surface area contributed by atoms with Gasteiger partial charge >= 0.3 is 0 Å². The third kappa shape index (κ3) is 2.89. The summed E-state index contributed by atoms with van der Waals surface area (Å²) >= 11 is 1.63. The van der Waals surface area contributed by atoms with Gasteiger partial charge in [-0.25, -0.2) is 4.98 Å². The lowest BCUT2D eigenvalue weighted by Gasteiger charge is -2.12. The smallest absolute Gasteiger partial charge is 0.131 e. The number of nitrogens with zero attached hydrogens (tertiary/aromatic N) is 1. The average molecular weight is 263 g/mol. The lowest BCUT2D eigenvalue weighted by Crippen LogP contribution is -2.00. The summed E-state index contributed by atoms with van der Waals surface area (Å²) in [7, 11) is 0. The van der Waals surface area contributed by atoms with Crippen molar-refractivity contribution in [2.45, 2.75) is 34.0 Å². The predicted octanol–water partition coefficient (Wildman–Crippen LogP) is 3.14. The van der Waals surface area contributed by atoms with E-state index >= 15 is 0 Å². The number of aliphatic hydroxyl groups is 1. The molecule has 1 heterocycles. The standard InChI is InChI=1S/C14H17NO2S/c1-9-4-12(6-16)5-10(2)14(9)17-7-13-8-18-11(3)15-13/h4-5,8,16H,6-7H2,1-3H3. The molecule has 2 aromatic rings. The molecule has 18 heavy (non-hydrogen) atoms. The van der Waals surface area contributed by atoms with Crippen LogP contribution < -0.4 is 4.74 Å². The van der Waals surface area contributed by atoms with Crippen LogP contribution in [0.1, 0.15) is 27.4 Å². The normalized spacial score (nSPS) is 10.7. The van der Waals surface area contributed by atoms with Crippen LogP contribution in [0.25, 0.3) is 0 Å². The number of aromatic nitrogens is 1. The Balaban J connectivity index is 2.14. The van der Waals surface area contributed by atoms with Crippen molar-refractivity contribution >= 4 is 11.3 Å². The SMILES string of the molecule is Cc1nc(COc2c(C)cc(CO)cc2C)cs1. The molecule has 0 radical (unpaired) electrons. The maximum Gasteiger partial charge on any atom is 0.131 e. The molecule has 2 rings (SSSR count). The molecule has 0 saturated carbocycles. The van der Waals surface area contributed by atoms with Crippen LogP contribution in [0.3, 0.4) is 0 Å². The van der Waals surface area contributed by atoms with Crippen molar-refractivity contribution in [3.8, 4) is 5.75 Å². The molecule has 96 valence electrons. The minimum Gasteiger partial charge on any atom is -0.487 e. The summed E-state index contributed by atoms with van der Waals surface area (Å²) in [4.78, 5) is 4.37. The van der Waals surface area contributed by atoms with Crippen molar-refractivity contribution in [2.24, 2.45) is 0 Å². The van der Waals surface area contributed by atoms with E-state index in [9.17, 15) is 0 Å². The van der Waals surface area contributed by atoms with E-state index in [1.165, 1.54) is 0 Å². The van der Waals surface area contributed by atoms with Gasteiger partial charge in [-0.2, -0.15) is 0 Å². The zero-order chi connectivity index (χ0) is 13.1. The fraction of sp³-hybridized carbons (Fsp3) is 0.357. The number of thiazole rings is 1. The van der Waals surface area contributed by atoms with E-state index in [0.29, 0.717) is 6.61 Å². The summed E-state index contributed by atoms with van der Waals surface area (Å²) in [5.74, 6) is 0.887. The second kappa shape index (κ2) is 5.50. The zero-order valence-corrected chi connectivity index (χ0v) is 11.7. The summed E-state index contributed by atoms with van der Waals surface area (Å²) in [5, 5.41) is 12.2. The van der Waals surface area contributed by atoms with Crippen LogP contribution in [0.15, 0.2) is 17.5 Å². The van der Waals surface area contributed by atoms with Gasteiger partial charge < -0.3 is 9.84 Å². The molecule has 0 spiro atoms. The molecule has 1 aromatic heterocycles. The maximum atomic E-state index is 9.14. The molecule has 0 aliphatic carbocycles. The highest BCUT2D eigenvalue weighted by atomic mass is 32.1. The third-order valence-electron chi connectivity index (χ3n) is 2.73. The van der Waals surface area contributed by atoms with Gasteiger partial charge in [-0.05, 0) is 37.5 Å². The van der Waals surface area contributed by atoms with E-state index < -0.39 is 0 Å². The molecule has 0 fully saturated rings. The highest BCUT2D eigenvalue weighted by molar-refractivity contribution is 7.09. The molecule has 0 aliphatic rings. The molecule has 0 saturated heterocycles. The van der Waals surface area contributed by atoms with Gasteiger partial charge in [-0.15, -0.1) is 11.3 Å². The second-order valence-corrected chi connectivity index (χ2v) is 5.43. The van der Waals surface area contributed by atoms with Crippen LogP contribution in [0, 0.1) is 20.8 Å². The number of benzene rings is 1. The summed E-state index contributed by atoms with van der Waals surface area (Å²) in [6.45, 7) is 6.53. The van der Waals surface area contributed by atoms with Crippen LogP contribution in [-0.2, 0) is 13.2 Å². The van der Waals surface area contributed by atoms with Crippen molar-refractivity contribution in [1.29, 1.82) is 0 Å². The van der Waals surface area contributed by atoms with Gasteiger partial charge in [0, 0.05) is 5.38 Å². The van der Waals surface area contributed by atoms with Crippen LogP contribution >= 0.6 is 11.3 Å². The molecule has 0 amide bonds. The number of aliphatic hydroxyl groups excluding tert-OH is 1. The van der Waals surface area contributed by atoms with Gasteiger partial charge in [0.05, 0.1) is 17.3 Å². The summed E-state index contributed by atoms with van der Waals surface area (Å²) in [6.07, 6.45) is 0. The Kier molecular flexibility index (Phi) is 3.99. The minimum atomic E-state index is 0.0627. The number of rotatable bonds is 4. The van der Waals surface area contributed by atoms with Gasteiger partial charge in [0.1, 0.15) is 12.4 Å². The number of hydrogen-bond donors (Lipinski definition) is 1. The van der Waals surface area contributed by atoms with Crippen LogP contribution in [0.5, 0.6) is 5.75 Å². The fourth-order valence-electron chi connectivity index (χ4n) is 1.98. The van der Waals surface area contributed by atoms with E-state index in [1.54, 1.807) is 11.3 Å². The molecule has 0 bridgehead atoms. The van der Waals surface area contributed by atoms with Crippen LogP contribution in [0.4, 0.5) is 0 Å². The second-order valence-electron chi connectivity index (χ2n) is 4.36. The fourth-order valence-corrected chi connectivity index (χ4v) is 2.58. The Morgan fingerprint density at radius 1 is 1.22 bits per heavy atom. The van der Waals surface area contributed by atoms with E-state index in [4.69, 9.17) is 9.84 Å². The first-order valence-electron chi connectivity index (χ1n) is 5.85. The molecule has 3 nitrogen and oxygen atoms in total. The van der Waals surface area contributed by atoms with Gasteiger partial charge in [-0.1, -0.05) is 12.1 Å². The number of ether oxygens (including phenoxy) is 1. The molecular formula is C14H17NO2S. The van der Waals surface area contributed by atoms with Gasteiger partial charge in [0.2, 0.25) is 0 Å². The van der Waals surface area contributed by atoms with Crippen molar-refractivity contribution in [3.63, 3.8) is 0 Å². The molecule has 0 atom stereocenters. The Hall–Kier alpha value is -1.39. The lowest BCUT2D eigenvalue weighted by atomic mass is 10.1. The molecule has 0 unspecified atom stereocenters. The first-order chi connectivity index (χ1) is 8.60. The topological polar surface area (TPSA) is 42.4 Å². The Bertz CT molecular complexity index is 525. The third-order valence-corrected chi connectivity index (χ3v) is 3.56. The zero-order valence-electron chi connectivity index (χ0n) is 10.9. The molecule has 4 heteroatoms. The summed E-state index contributed by atoms with van der Waals surface area (Å²) in [6, 6.07) is 3.91. The average Bonchev–Trinajstić information content (AvgIpc) is 2.73. The first-order valence-corrected chi connectivity index (χ1v) is 6.73. The van der Waals surface area contributed by atoms with E-state index in [1.807, 2.05) is 38.3 Å². The Morgan fingerprint density at radius 3 is 2.39 bits per heavy atom. The molecule has 1 aromatic carbocycles. The summed E-state index contributed by atoms with van der Waals surface area (Å²) < 4.78 is 5.83. The van der Waals surface area contributed by atoms with E-state index in [2.05, 4.69) is 4.98 Å². The maximum absolute atomic E-state index is 9.14. The summed E-state index contributed by atoms with van der Waals surface area (Å²) in [5.41, 5.74) is 3.97. The van der Waals surface area contributed by atoms with Crippen molar-refractivity contribution < 1.29 is 9.84 Å². The van der Waals surface area contributed by atoms with Crippen molar-refractivity contribution in [3.05, 3.63) is 44.9 Å². The predicted molar refractivity (Wildman–Crippen MR) is 73.0 cm³/mol. The quantitative estimate of drug-likeness (QED) is 0.921. The first kappa shape index (κ1) is 13.1. The Labute approximate surface area is 111 Å². The number of aryl methyl sites for hydroxylation is 3. The minimum absolute atomic E-state index is 0.0627. The molecule has 1 N–H and O–H groups in total. The van der Waals surface area contributed by atoms with E-state index in [-0.39, 0.29) is 6.61 Å². The lowest BCUT2D eigenvalue weighted by molar-refractivity contribution is 0.279. The largest absolute Gasteiger partial charge is 0.487 e. The van der Waals surface area contributed by atoms with Crippen molar-refractivity contribution in [2.75, 3.05) is 0 Å². The van der Waals surface area contributed by atoms with Crippen molar-refractivity contribution in [1.82, 2.24) is 4.98 Å². The van der Waals surface area contributed by atoms with Gasteiger partial charge in [-0.3, -0.25) is 0 Å². The van der Waals surface area contributed by atoms with E-state index in [0.717, 1.165) is 33.1 Å².